The van der Waals surface area contributed by atoms with E-state index in [-0.39, 0.29) is 20.4 Å². The Hall–Kier alpha value is 0.662. The van der Waals surface area contributed by atoms with Crippen LogP contribution in [0, 0.1) is 13.8 Å². The third-order valence-electron chi connectivity index (χ3n) is 0. The van der Waals surface area contributed by atoms with Crippen molar-refractivity contribution in [1.29, 1.82) is 0 Å². The fraction of sp³-hybridized carbons (Fsp3) is 0.333. The third-order valence-corrected chi connectivity index (χ3v) is 0. The summed E-state index contributed by atoms with van der Waals surface area (Å²) < 4.78 is 0. The van der Waals surface area contributed by atoms with Crippen LogP contribution in [0.4, 0.5) is 0 Å². The molecule has 0 unspecified atom stereocenters. The number of hydrogen-bond donors (Lipinski definition) is 0. The largest absolute Gasteiger partial charge is 0.372 e. The molecule has 4 heavy (non-hydrogen) atoms. The molecule has 0 N–H and O–H groups in total. The average molecular weight is 228 g/mol. The van der Waals surface area contributed by atoms with Crippen LogP contribution in [0.5, 0.6) is 0 Å². The molecule has 1 heteroatoms. The van der Waals surface area contributed by atoms with E-state index >= 15 is 0 Å². The maximum atomic E-state index is 3.38. The van der Waals surface area contributed by atoms with Gasteiger partial charge in [-0.3, -0.25) is 0 Å². The summed E-state index contributed by atoms with van der Waals surface area (Å²) in [6.07, 6.45) is 0.750. The van der Waals surface area contributed by atoms with Gasteiger partial charge in [-0.2, -0.15) is 0 Å². The van der Waals surface area contributed by atoms with Crippen molar-refractivity contribution in [2.45, 2.75) is 6.42 Å². The fourth-order valence-electron chi connectivity index (χ4n) is 0. The molecule has 0 rings (SSSR count). The molecule has 0 saturated carbocycles. The van der Waals surface area contributed by atoms with Crippen LogP contribution in [0.15, 0.2) is 0 Å². The van der Waals surface area contributed by atoms with Gasteiger partial charge in [-0.15, -0.1) is 0 Å². The van der Waals surface area contributed by atoms with Crippen molar-refractivity contribution in [3.05, 3.63) is 13.8 Å². The van der Waals surface area contributed by atoms with Crippen LogP contribution in [0.1, 0.15) is 6.42 Å². The van der Waals surface area contributed by atoms with E-state index in [9.17, 15) is 0 Å². The van der Waals surface area contributed by atoms with Crippen LogP contribution >= 0.6 is 0 Å². The fourth-order valence-corrected chi connectivity index (χ4v) is 0. The van der Waals surface area contributed by atoms with Crippen LogP contribution in [-0.4, -0.2) is 0 Å². The van der Waals surface area contributed by atoms with Crippen LogP contribution in [0.3, 0.4) is 0 Å². The molecule has 0 nitrogen and oxygen atoms in total. The standard InChI is InChI=1S/C3H6.Re/c1-3-2;/h1-3H2;/q-2;. The van der Waals surface area contributed by atoms with Gasteiger partial charge in [0.1, 0.15) is 0 Å². The smallest absolute Gasteiger partial charge is 0 e. The Kier molecular flexibility index (Phi) is 20.7. The second-order valence-electron chi connectivity index (χ2n) is 0.354. The van der Waals surface area contributed by atoms with E-state index in [2.05, 4.69) is 13.8 Å². The van der Waals surface area contributed by atoms with E-state index in [1.54, 1.807) is 0 Å². The van der Waals surface area contributed by atoms with Crippen LogP contribution < -0.4 is 0 Å². The van der Waals surface area contributed by atoms with Gasteiger partial charge in [0.05, 0.1) is 0 Å². The summed E-state index contributed by atoms with van der Waals surface area (Å²) in [5.41, 5.74) is 0. The van der Waals surface area contributed by atoms with Gasteiger partial charge in [0.25, 0.3) is 0 Å². The molecule has 27 valence electrons. The summed E-state index contributed by atoms with van der Waals surface area (Å²) in [7, 11) is 0. The maximum absolute atomic E-state index is 3.38. The second-order valence-corrected chi connectivity index (χ2v) is 0.354. The number of rotatable bonds is 0. The predicted molar refractivity (Wildman–Crippen MR) is 15.3 cm³/mol. The predicted octanol–water partition coefficient (Wildman–Crippen LogP) is 1.04. The minimum atomic E-state index is 0. The summed E-state index contributed by atoms with van der Waals surface area (Å²) in [6.45, 7) is 6.75. The van der Waals surface area contributed by atoms with Gasteiger partial charge in [-0.05, 0) is 0 Å². The normalized spacial score (nSPS) is 4.50. The molecule has 1 radical (unpaired) electrons. The first-order valence-corrected chi connectivity index (χ1v) is 1.000. The molecular formula is C3H6Re-2. The summed E-state index contributed by atoms with van der Waals surface area (Å²) >= 11 is 0. The molecule has 0 saturated heterocycles. The molecule has 0 aliphatic rings. The zero-order valence-electron chi connectivity index (χ0n) is 2.50. The Morgan fingerprint density at radius 2 is 1.25 bits per heavy atom. The molecular weight excluding hydrogens is 222 g/mol. The topological polar surface area (TPSA) is 0 Å². The molecule has 0 atom stereocenters. The second kappa shape index (κ2) is 9.39. The van der Waals surface area contributed by atoms with E-state index < -0.39 is 0 Å². The number of hydrogen-bond acceptors (Lipinski definition) is 0. The minimum Gasteiger partial charge on any atom is -0.372 e. The molecule has 0 aromatic rings. The van der Waals surface area contributed by atoms with Gasteiger partial charge >= 0.3 is 0 Å². The quantitative estimate of drug-likeness (QED) is 0.544. The molecule has 0 aromatic carbocycles. The zero-order valence-corrected chi connectivity index (χ0v) is 5.22. The average Bonchev–Trinajstić information content (AvgIpc) is 0.918. The molecule has 0 amide bonds. The van der Waals surface area contributed by atoms with Crippen molar-refractivity contribution in [3.63, 3.8) is 0 Å². The van der Waals surface area contributed by atoms with Gasteiger partial charge in [0.15, 0.2) is 0 Å². The van der Waals surface area contributed by atoms with Crippen molar-refractivity contribution in [3.8, 4) is 0 Å². The monoisotopic (exact) mass is 229 g/mol. The molecule has 0 aliphatic heterocycles. The van der Waals surface area contributed by atoms with E-state index in [4.69, 9.17) is 0 Å². The van der Waals surface area contributed by atoms with Crippen LogP contribution in [-0.2, 0) is 20.4 Å². The van der Waals surface area contributed by atoms with Gasteiger partial charge in [-0.1, -0.05) is 0 Å². The molecule has 0 heterocycles. The first-order valence-electron chi connectivity index (χ1n) is 1.000. The van der Waals surface area contributed by atoms with Crippen molar-refractivity contribution < 1.29 is 20.4 Å². The Labute approximate surface area is 41.2 Å². The van der Waals surface area contributed by atoms with Gasteiger partial charge in [0, 0.05) is 20.4 Å². The summed E-state index contributed by atoms with van der Waals surface area (Å²) in [5, 5.41) is 0. The zero-order chi connectivity index (χ0) is 2.71. The van der Waals surface area contributed by atoms with E-state index in [0.717, 1.165) is 6.42 Å². The first-order chi connectivity index (χ1) is 1.41. The molecule has 0 aliphatic carbocycles. The Morgan fingerprint density at radius 1 is 1.25 bits per heavy atom. The van der Waals surface area contributed by atoms with Crippen molar-refractivity contribution in [2.24, 2.45) is 0 Å². The van der Waals surface area contributed by atoms with Crippen molar-refractivity contribution in [1.82, 2.24) is 0 Å². The van der Waals surface area contributed by atoms with Crippen LogP contribution in [0.25, 0.3) is 0 Å². The minimum absolute atomic E-state index is 0. The van der Waals surface area contributed by atoms with Gasteiger partial charge in [-0.25, -0.2) is 0 Å². The summed E-state index contributed by atoms with van der Waals surface area (Å²) in [6, 6.07) is 0. The summed E-state index contributed by atoms with van der Waals surface area (Å²) in [4.78, 5) is 0. The Bertz CT molecular complexity index is 3.25. The van der Waals surface area contributed by atoms with Gasteiger partial charge < -0.3 is 20.3 Å². The maximum Gasteiger partial charge on any atom is 0 e. The summed E-state index contributed by atoms with van der Waals surface area (Å²) in [5.74, 6) is 0. The Balaban J connectivity index is 0. The Morgan fingerprint density at radius 3 is 1.25 bits per heavy atom. The van der Waals surface area contributed by atoms with Crippen LogP contribution in [0.2, 0.25) is 0 Å². The molecule has 0 spiro atoms. The molecule has 0 aromatic heterocycles. The van der Waals surface area contributed by atoms with E-state index in [1.165, 1.54) is 0 Å². The third kappa shape index (κ3) is 16.8. The molecule has 0 bridgehead atoms. The SMILES string of the molecule is [CH2-]C[CH2-].[Re]. The van der Waals surface area contributed by atoms with E-state index in [1.807, 2.05) is 0 Å². The molecule has 0 fully saturated rings. The van der Waals surface area contributed by atoms with Crippen molar-refractivity contribution >= 4 is 0 Å². The first kappa shape index (κ1) is 8.82. The van der Waals surface area contributed by atoms with Crippen molar-refractivity contribution in [2.75, 3.05) is 0 Å². The van der Waals surface area contributed by atoms with E-state index in [0.29, 0.717) is 0 Å². The van der Waals surface area contributed by atoms with Gasteiger partial charge in [0.2, 0.25) is 0 Å².